The van der Waals surface area contributed by atoms with Crippen molar-refractivity contribution in [2.45, 2.75) is 6.92 Å². The van der Waals surface area contributed by atoms with Crippen molar-refractivity contribution in [3.05, 3.63) is 35.8 Å². The van der Waals surface area contributed by atoms with Crippen molar-refractivity contribution < 1.29 is 14.3 Å². The Bertz CT molecular complexity index is 583. The van der Waals surface area contributed by atoms with E-state index in [2.05, 4.69) is 5.10 Å². The van der Waals surface area contributed by atoms with Gasteiger partial charge in [-0.05, 0) is 13.0 Å². The summed E-state index contributed by atoms with van der Waals surface area (Å²) in [5, 5.41) is 4.07. The molecule has 0 aromatic carbocycles. The van der Waals surface area contributed by atoms with Gasteiger partial charge in [0.15, 0.2) is 12.0 Å². The quantitative estimate of drug-likeness (QED) is 0.601. The predicted octanol–water partition coefficient (Wildman–Crippen LogP) is 1.20. The summed E-state index contributed by atoms with van der Waals surface area (Å²) in [6.45, 7) is 2.05. The van der Waals surface area contributed by atoms with Crippen LogP contribution in [0.5, 0.6) is 0 Å². The summed E-state index contributed by atoms with van der Waals surface area (Å²) in [6, 6.07) is 3.30. The zero-order chi connectivity index (χ0) is 13.1. The highest BCUT2D eigenvalue weighted by atomic mass is 16.5. The maximum atomic E-state index is 11.5. The number of aryl methyl sites for hydroxylation is 1. The van der Waals surface area contributed by atoms with E-state index in [1.165, 1.54) is 0 Å². The Hall–Kier alpha value is -2.37. The van der Waals surface area contributed by atoms with Gasteiger partial charge < -0.3 is 9.30 Å². The molecule has 0 aliphatic heterocycles. The highest BCUT2D eigenvalue weighted by Gasteiger charge is 2.14. The Labute approximate surface area is 104 Å². The number of ether oxygens (including phenoxy) is 1. The summed E-state index contributed by atoms with van der Waals surface area (Å²) in [6.07, 6.45) is 4.16. The van der Waals surface area contributed by atoms with Crippen LogP contribution in [-0.2, 0) is 11.8 Å². The van der Waals surface area contributed by atoms with Crippen LogP contribution in [0.2, 0.25) is 0 Å². The first kappa shape index (κ1) is 12.1. The molecule has 2 aromatic heterocycles. The van der Waals surface area contributed by atoms with Gasteiger partial charge in [0, 0.05) is 31.1 Å². The molecule has 2 heterocycles. The molecule has 18 heavy (non-hydrogen) atoms. The van der Waals surface area contributed by atoms with Crippen LogP contribution in [0.1, 0.15) is 27.8 Å². The Balaban J connectivity index is 2.34. The van der Waals surface area contributed by atoms with E-state index in [-0.39, 0.29) is 5.69 Å². The molecule has 0 saturated heterocycles. The molecule has 0 aliphatic rings. The van der Waals surface area contributed by atoms with Gasteiger partial charge in [0.1, 0.15) is 5.82 Å². The third kappa shape index (κ3) is 2.17. The molecular formula is C12H13N3O3. The molecule has 94 valence electrons. The van der Waals surface area contributed by atoms with Gasteiger partial charge in [-0.1, -0.05) is 0 Å². The summed E-state index contributed by atoms with van der Waals surface area (Å²) in [7, 11) is 1.72. The van der Waals surface area contributed by atoms with Gasteiger partial charge in [-0.15, -0.1) is 0 Å². The summed E-state index contributed by atoms with van der Waals surface area (Å²) < 4.78 is 8.16. The van der Waals surface area contributed by atoms with Gasteiger partial charge in [-0.25, -0.2) is 4.79 Å². The lowest BCUT2D eigenvalue weighted by Crippen LogP contribution is -2.06. The van der Waals surface area contributed by atoms with Crippen LogP contribution in [-0.4, -0.2) is 33.2 Å². The molecule has 2 aromatic rings. The second kappa shape index (κ2) is 4.87. The molecule has 0 saturated carbocycles. The Kier molecular flexibility index (Phi) is 3.27. The van der Waals surface area contributed by atoms with E-state index in [9.17, 15) is 9.59 Å². The Morgan fingerprint density at radius 2 is 2.33 bits per heavy atom. The van der Waals surface area contributed by atoms with Crippen molar-refractivity contribution in [2.24, 2.45) is 7.05 Å². The third-order valence-electron chi connectivity index (χ3n) is 2.46. The second-order valence-corrected chi connectivity index (χ2v) is 3.70. The van der Waals surface area contributed by atoms with E-state index in [1.807, 2.05) is 0 Å². The zero-order valence-electron chi connectivity index (χ0n) is 10.2. The zero-order valence-corrected chi connectivity index (χ0v) is 10.2. The first-order valence-corrected chi connectivity index (χ1v) is 5.50. The van der Waals surface area contributed by atoms with Crippen molar-refractivity contribution >= 4 is 12.3 Å². The van der Waals surface area contributed by atoms with Crippen molar-refractivity contribution in [2.75, 3.05) is 6.61 Å². The van der Waals surface area contributed by atoms with Gasteiger partial charge in [-0.3, -0.25) is 9.48 Å². The standard InChI is InChI=1S/C12H13N3O3/c1-3-18-12(17)10-6-11(14(2)13-10)15-5-4-9(7-15)8-16/h4-8H,3H2,1-2H3. The van der Waals surface area contributed by atoms with Crippen LogP contribution in [0.4, 0.5) is 0 Å². The van der Waals surface area contributed by atoms with Crippen LogP contribution in [0.25, 0.3) is 5.82 Å². The van der Waals surface area contributed by atoms with Crippen LogP contribution in [0.15, 0.2) is 24.5 Å². The van der Waals surface area contributed by atoms with Crippen molar-refractivity contribution in [1.82, 2.24) is 14.3 Å². The molecule has 0 radical (unpaired) electrons. The monoisotopic (exact) mass is 247 g/mol. The lowest BCUT2D eigenvalue weighted by molar-refractivity contribution is 0.0518. The summed E-state index contributed by atoms with van der Waals surface area (Å²) in [4.78, 5) is 22.2. The number of aldehydes is 1. The number of rotatable bonds is 4. The van der Waals surface area contributed by atoms with Gasteiger partial charge in [0.25, 0.3) is 0 Å². The minimum Gasteiger partial charge on any atom is -0.461 e. The number of carbonyl (C=O) groups excluding carboxylic acids is 2. The Morgan fingerprint density at radius 3 is 2.94 bits per heavy atom. The van der Waals surface area contributed by atoms with E-state index in [1.54, 1.807) is 47.7 Å². The number of hydrogen-bond donors (Lipinski definition) is 0. The first-order chi connectivity index (χ1) is 8.65. The third-order valence-corrected chi connectivity index (χ3v) is 2.46. The SMILES string of the molecule is CCOC(=O)c1cc(-n2ccc(C=O)c2)n(C)n1. The number of hydrogen-bond acceptors (Lipinski definition) is 4. The first-order valence-electron chi connectivity index (χ1n) is 5.50. The molecule has 6 nitrogen and oxygen atoms in total. The molecular weight excluding hydrogens is 234 g/mol. The van der Waals surface area contributed by atoms with E-state index in [0.717, 1.165) is 6.29 Å². The van der Waals surface area contributed by atoms with E-state index in [0.29, 0.717) is 18.0 Å². The molecule has 0 amide bonds. The topological polar surface area (TPSA) is 66.1 Å². The number of esters is 1. The molecule has 2 rings (SSSR count). The fraction of sp³-hybridized carbons (Fsp3) is 0.250. The fourth-order valence-electron chi connectivity index (χ4n) is 1.63. The summed E-state index contributed by atoms with van der Waals surface area (Å²) >= 11 is 0. The van der Waals surface area contributed by atoms with Crippen LogP contribution < -0.4 is 0 Å². The molecule has 0 spiro atoms. The van der Waals surface area contributed by atoms with Crippen LogP contribution in [0, 0.1) is 0 Å². The summed E-state index contributed by atoms with van der Waals surface area (Å²) in [5.74, 6) is 0.230. The van der Waals surface area contributed by atoms with Crippen molar-refractivity contribution in [3.63, 3.8) is 0 Å². The normalized spacial score (nSPS) is 10.3. The fourth-order valence-corrected chi connectivity index (χ4v) is 1.63. The van der Waals surface area contributed by atoms with Gasteiger partial charge in [-0.2, -0.15) is 5.10 Å². The van der Waals surface area contributed by atoms with Gasteiger partial charge in [0.2, 0.25) is 0 Å². The van der Waals surface area contributed by atoms with Crippen molar-refractivity contribution in [3.8, 4) is 5.82 Å². The highest BCUT2D eigenvalue weighted by Crippen LogP contribution is 2.12. The smallest absolute Gasteiger partial charge is 0.358 e. The highest BCUT2D eigenvalue weighted by molar-refractivity contribution is 5.87. The minimum atomic E-state index is -0.456. The van der Waals surface area contributed by atoms with Crippen LogP contribution >= 0.6 is 0 Å². The average Bonchev–Trinajstić information content (AvgIpc) is 2.95. The second-order valence-electron chi connectivity index (χ2n) is 3.70. The average molecular weight is 247 g/mol. The lowest BCUT2D eigenvalue weighted by atomic mass is 10.4. The molecule has 0 atom stereocenters. The van der Waals surface area contributed by atoms with Gasteiger partial charge in [0.05, 0.1) is 6.61 Å². The largest absolute Gasteiger partial charge is 0.461 e. The van der Waals surface area contributed by atoms with Gasteiger partial charge >= 0.3 is 5.97 Å². The molecule has 0 fully saturated rings. The van der Waals surface area contributed by atoms with E-state index < -0.39 is 5.97 Å². The number of aromatic nitrogens is 3. The summed E-state index contributed by atoms with van der Waals surface area (Å²) in [5.41, 5.74) is 0.810. The molecule has 6 heteroatoms. The maximum Gasteiger partial charge on any atom is 0.358 e. The Morgan fingerprint density at radius 1 is 1.56 bits per heavy atom. The van der Waals surface area contributed by atoms with E-state index in [4.69, 9.17) is 4.74 Å². The minimum absolute atomic E-state index is 0.246. The number of nitrogens with zero attached hydrogens (tertiary/aromatic N) is 3. The molecule has 0 aliphatic carbocycles. The van der Waals surface area contributed by atoms with Crippen molar-refractivity contribution in [1.29, 1.82) is 0 Å². The van der Waals surface area contributed by atoms with E-state index >= 15 is 0 Å². The molecule has 0 N–H and O–H groups in total. The number of carbonyl (C=O) groups is 2. The molecule has 0 unspecified atom stereocenters. The molecule has 0 bridgehead atoms. The maximum absolute atomic E-state index is 11.5. The lowest BCUT2D eigenvalue weighted by Gasteiger charge is -2.00. The van der Waals surface area contributed by atoms with Crippen LogP contribution in [0.3, 0.4) is 0 Å². The predicted molar refractivity (Wildman–Crippen MR) is 63.9 cm³/mol.